The number of carbonyl (C=O) groups excluding carboxylic acids is 2. The molecule has 1 rings (SSSR count). The molecule has 1 aromatic rings. The Morgan fingerprint density at radius 2 is 1.62 bits per heavy atom. The molecule has 0 aromatic heterocycles. The van der Waals surface area contributed by atoms with Crippen LogP contribution in [0.3, 0.4) is 0 Å². The fourth-order valence-corrected chi connectivity index (χ4v) is 3.20. The summed E-state index contributed by atoms with van der Waals surface area (Å²) in [5.74, 6) is -0.140. The molecule has 0 saturated carbocycles. The topological polar surface area (TPSA) is 61.4 Å². The number of benzene rings is 1. The lowest BCUT2D eigenvalue weighted by atomic mass is 10.1. The van der Waals surface area contributed by atoms with Crippen LogP contribution in [0.15, 0.2) is 12.1 Å². The first kappa shape index (κ1) is 22.2. The number of aryl methyl sites for hydroxylation is 3. The summed E-state index contributed by atoms with van der Waals surface area (Å²) in [4.78, 5) is 26.1. The third-order valence-electron chi connectivity index (χ3n) is 4.42. The van der Waals surface area contributed by atoms with Crippen molar-refractivity contribution < 1.29 is 9.59 Å². The minimum atomic E-state index is -0.105. The second-order valence-electron chi connectivity index (χ2n) is 7.46. The van der Waals surface area contributed by atoms with E-state index in [9.17, 15) is 9.59 Å². The number of nitrogens with one attached hydrogen (secondary N) is 2. The molecule has 0 radical (unpaired) electrons. The Morgan fingerprint density at radius 1 is 1.04 bits per heavy atom. The molecule has 0 aliphatic rings. The molecule has 0 fully saturated rings. The molecule has 0 unspecified atom stereocenters. The molecule has 2 N–H and O–H groups in total. The second-order valence-corrected chi connectivity index (χ2v) is 7.46. The van der Waals surface area contributed by atoms with Crippen molar-refractivity contribution in [1.82, 2.24) is 10.2 Å². The van der Waals surface area contributed by atoms with Gasteiger partial charge in [0.15, 0.2) is 0 Å². The third kappa shape index (κ3) is 8.00. The molecule has 1 aromatic carbocycles. The van der Waals surface area contributed by atoms with E-state index < -0.39 is 0 Å². The molecule has 1 atom stereocenters. The van der Waals surface area contributed by atoms with Crippen LogP contribution >= 0.6 is 0 Å². The molecule has 0 spiro atoms. The zero-order valence-corrected chi connectivity index (χ0v) is 17.2. The summed E-state index contributed by atoms with van der Waals surface area (Å²) >= 11 is 0. The van der Waals surface area contributed by atoms with Crippen LogP contribution in [0.5, 0.6) is 0 Å². The number of carbonyl (C=O) groups is 2. The van der Waals surface area contributed by atoms with Crippen molar-refractivity contribution in [2.75, 3.05) is 25.5 Å². The van der Waals surface area contributed by atoms with Crippen LogP contribution in [0.1, 0.15) is 56.2 Å². The average Bonchev–Trinajstić information content (AvgIpc) is 2.50. The molecule has 5 heteroatoms. The fraction of sp³-hybridized carbons (Fsp3) is 0.619. The van der Waals surface area contributed by atoms with Gasteiger partial charge in [-0.3, -0.25) is 14.5 Å². The highest BCUT2D eigenvalue weighted by molar-refractivity contribution is 5.94. The number of anilines is 1. The van der Waals surface area contributed by atoms with Crippen molar-refractivity contribution in [3.63, 3.8) is 0 Å². The summed E-state index contributed by atoms with van der Waals surface area (Å²) in [6.07, 6.45) is 4.50. The van der Waals surface area contributed by atoms with Gasteiger partial charge in [-0.05, 0) is 52.3 Å². The molecular formula is C21H35N3O2. The normalized spacial score (nSPS) is 12.1. The molecule has 0 aliphatic heterocycles. The Bertz CT molecular complexity index is 590. The number of hydrogen-bond donors (Lipinski definition) is 2. The maximum atomic E-state index is 12.3. The smallest absolute Gasteiger partial charge is 0.238 e. The van der Waals surface area contributed by atoms with Gasteiger partial charge in [-0.15, -0.1) is 0 Å². The number of rotatable bonds is 10. The van der Waals surface area contributed by atoms with Crippen molar-refractivity contribution >= 4 is 17.5 Å². The molecular weight excluding hydrogens is 326 g/mol. The number of amides is 2. The molecule has 0 bridgehead atoms. The van der Waals surface area contributed by atoms with Crippen molar-refractivity contribution in [1.29, 1.82) is 0 Å². The van der Waals surface area contributed by atoms with Gasteiger partial charge in [0, 0.05) is 11.7 Å². The highest BCUT2D eigenvalue weighted by Gasteiger charge is 2.14. The quantitative estimate of drug-likeness (QED) is 0.626. The molecule has 146 valence electrons. The first-order chi connectivity index (χ1) is 12.2. The number of nitrogens with zero attached hydrogens (tertiary/aromatic N) is 1. The monoisotopic (exact) mass is 361 g/mol. The van der Waals surface area contributed by atoms with E-state index in [1.807, 2.05) is 27.7 Å². The summed E-state index contributed by atoms with van der Waals surface area (Å²) in [7, 11) is 1.79. The molecule has 0 aliphatic carbocycles. The predicted molar refractivity (Wildman–Crippen MR) is 109 cm³/mol. The first-order valence-electron chi connectivity index (χ1n) is 9.58. The molecule has 5 nitrogen and oxygen atoms in total. The molecule has 0 saturated heterocycles. The van der Waals surface area contributed by atoms with Gasteiger partial charge < -0.3 is 10.6 Å². The Kier molecular flexibility index (Phi) is 9.35. The van der Waals surface area contributed by atoms with E-state index in [2.05, 4.69) is 29.7 Å². The predicted octanol–water partition coefficient (Wildman–Crippen LogP) is 3.57. The van der Waals surface area contributed by atoms with Gasteiger partial charge in [0.2, 0.25) is 11.8 Å². The summed E-state index contributed by atoms with van der Waals surface area (Å²) < 4.78 is 0. The minimum absolute atomic E-state index is 0.0352. The Labute approximate surface area is 158 Å². The van der Waals surface area contributed by atoms with Crippen LogP contribution in [-0.2, 0) is 9.59 Å². The van der Waals surface area contributed by atoms with E-state index in [0.717, 1.165) is 29.7 Å². The van der Waals surface area contributed by atoms with E-state index in [1.54, 1.807) is 11.9 Å². The van der Waals surface area contributed by atoms with Crippen LogP contribution in [-0.4, -0.2) is 42.9 Å². The zero-order chi connectivity index (χ0) is 19.7. The van der Waals surface area contributed by atoms with Gasteiger partial charge in [-0.1, -0.05) is 43.9 Å². The number of unbranched alkanes of at least 4 members (excludes halogenated alkanes) is 2. The molecule has 0 heterocycles. The zero-order valence-electron chi connectivity index (χ0n) is 17.2. The van der Waals surface area contributed by atoms with Crippen molar-refractivity contribution in [3.05, 3.63) is 28.8 Å². The fourth-order valence-electron chi connectivity index (χ4n) is 3.20. The van der Waals surface area contributed by atoms with Gasteiger partial charge in [-0.25, -0.2) is 0 Å². The van der Waals surface area contributed by atoms with Crippen LogP contribution in [0.25, 0.3) is 0 Å². The summed E-state index contributed by atoms with van der Waals surface area (Å²) in [6, 6.07) is 4.29. The van der Waals surface area contributed by atoms with E-state index in [4.69, 9.17) is 0 Å². The van der Waals surface area contributed by atoms with Crippen molar-refractivity contribution in [2.45, 2.75) is 66.3 Å². The third-order valence-corrected chi connectivity index (χ3v) is 4.42. The van der Waals surface area contributed by atoms with Crippen LogP contribution < -0.4 is 10.6 Å². The standard InChI is InChI=1S/C21H35N3O2/c1-7-8-9-10-18(5)22-19(25)13-24(6)14-20(26)23-21-16(3)11-15(2)12-17(21)4/h11-12,18H,7-10,13-14H2,1-6H3,(H,22,25)(H,23,26)/t18-/m0/s1. The van der Waals surface area contributed by atoms with Crippen molar-refractivity contribution in [2.24, 2.45) is 0 Å². The SMILES string of the molecule is CCCCC[C@H](C)NC(=O)CN(C)CC(=O)Nc1c(C)cc(C)cc1C. The Balaban J connectivity index is 2.44. The van der Waals surface area contributed by atoms with Crippen molar-refractivity contribution in [3.8, 4) is 0 Å². The summed E-state index contributed by atoms with van der Waals surface area (Å²) in [5, 5.41) is 5.98. The number of hydrogen-bond acceptors (Lipinski definition) is 3. The largest absolute Gasteiger partial charge is 0.353 e. The lowest BCUT2D eigenvalue weighted by molar-refractivity contribution is -0.123. The van der Waals surface area contributed by atoms with E-state index in [0.29, 0.717) is 0 Å². The summed E-state index contributed by atoms with van der Waals surface area (Å²) in [6.45, 7) is 10.6. The minimum Gasteiger partial charge on any atom is -0.353 e. The Morgan fingerprint density at radius 3 is 2.19 bits per heavy atom. The average molecular weight is 362 g/mol. The van der Waals surface area contributed by atoms with Gasteiger partial charge in [0.1, 0.15) is 0 Å². The molecule has 26 heavy (non-hydrogen) atoms. The molecule has 2 amide bonds. The lowest BCUT2D eigenvalue weighted by Gasteiger charge is -2.19. The van der Waals surface area contributed by atoms with Crippen LogP contribution in [0.4, 0.5) is 5.69 Å². The van der Waals surface area contributed by atoms with Gasteiger partial charge in [0.05, 0.1) is 13.1 Å². The highest BCUT2D eigenvalue weighted by atomic mass is 16.2. The van der Waals surface area contributed by atoms with Gasteiger partial charge in [-0.2, -0.15) is 0 Å². The lowest BCUT2D eigenvalue weighted by Crippen LogP contribution is -2.42. The van der Waals surface area contributed by atoms with Gasteiger partial charge in [0.25, 0.3) is 0 Å². The number of likely N-dealkylation sites (N-methyl/N-ethyl adjacent to an activating group) is 1. The van der Waals surface area contributed by atoms with E-state index >= 15 is 0 Å². The maximum absolute atomic E-state index is 12.3. The summed E-state index contributed by atoms with van der Waals surface area (Å²) in [5.41, 5.74) is 4.15. The highest BCUT2D eigenvalue weighted by Crippen LogP contribution is 2.21. The van der Waals surface area contributed by atoms with Crippen LogP contribution in [0, 0.1) is 20.8 Å². The van der Waals surface area contributed by atoms with E-state index in [1.165, 1.54) is 18.4 Å². The Hall–Kier alpha value is -1.88. The first-order valence-corrected chi connectivity index (χ1v) is 9.58. The van der Waals surface area contributed by atoms with Gasteiger partial charge >= 0.3 is 0 Å². The van der Waals surface area contributed by atoms with E-state index in [-0.39, 0.29) is 30.9 Å². The maximum Gasteiger partial charge on any atom is 0.238 e. The van der Waals surface area contributed by atoms with Crippen LogP contribution in [0.2, 0.25) is 0 Å². The second kappa shape index (κ2) is 11.0.